The molecule has 2 aromatic carbocycles. The summed E-state index contributed by atoms with van der Waals surface area (Å²) >= 11 is 0. The van der Waals surface area contributed by atoms with Gasteiger partial charge < -0.3 is 4.74 Å². The van der Waals surface area contributed by atoms with E-state index in [0.717, 1.165) is 24.4 Å². The Morgan fingerprint density at radius 2 is 1.26 bits per heavy atom. The number of benzene rings is 2. The quantitative estimate of drug-likeness (QED) is 0.415. The molecule has 2 fully saturated rings. The fourth-order valence-electron chi connectivity index (χ4n) is 5.82. The zero-order chi connectivity index (χ0) is 21.5. The maximum atomic E-state index is 6.22. The standard InChI is InChI=1S/C30H42O/c1-3-5-7-24-10-21-30(31-22-24)29-19-17-28(18-20-29)27-15-13-26(14-16-27)25-11-8-23(6-4-2)9-12-25/h13-20,23-25,30H,3-12,21-22H2,1-2H3. The van der Waals surface area contributed by atoms with Gasteiger partial charge in [-0.1, -0.05) is 88.1 Å². The van der Waals surface area contributed by atoms with Crippen molar-refractivity contribution in [1.82, 2.24) is 0 Å². The van der Waals surface area contributed by atoms with Crippen LogP contribution in [0.2, 0.25) is 0 Å². The first-order valence-corrected chi connectivity index (χ1v) is 13.1. The maximum absolute atomic E-state index is 6.22. The van der Waals surface area contributed by atoms with Crippen molar-refractivity contribution < 1.29 is 4.74 Å². The SMILES string of the molecule is CCCCC1CCC(c2ccc(-c3ccc(C4CCC(CCC)CC4)cc3)cc2)OC1. The average molecular weight is 419 g/mol. The van der Waals surface area contributed by atoms with Crippen molar-refractivity contribution >= 4 is 0 Å². The van der Waals surface area contributed by atoms with Crippen LogP contribution in [-0.2, 0) is 4.74 Å². The molecule has 1 aliphatic heterocycles. The third kappa shape index (κ3) is 6.01. The third-order valence-electron chi connectivity index (χ3n) is 7.88. The molecule has 1 aliphatic carbocycles. The van der Waals surface area contributed by atoms with Crippen LogP contribution in [0.1, 0.15) is 108 Å². The van der Waals surface area contributed by atoms with Gasteiger partial charge in [-0.2, -0.15) is 0 Å². The lowest BCUT2D eigenvalue weighted by Crippen LogP contribution is -2.20. The molecule has 0 N–H and O–H groups in total. The summed E-state index contributed by atoms with van der Waals surface area (Å²) in [4.78, 5) is 0. The molecule has 0 spiro atoms. The molecule has 1 saturated heterocycles. The average Bonchev–Trinajstić information content (AvgIpc) is 2.84. The van der Waals surface area contributed by atoms with Gasteiger partial charge >= 0.3 is 0 Å². The Labute approximate surface area is 190 Å². The Bertz CT molecular complexity index is 759. The molecule has 31 heavy (non-hydrogen) atoms. The van der Waals surface area contributed by atoms with E-state index in [1.54, 1.807) is 5.56 Å². The Kier molecular flexibility index (Phi) is 8.25. The smallest absolute Gasteiger partial charge is 0.0825 e. The van der Waals surface area contributed by atoms with Gasteiger partial charge in [-0.15, -0.1) is 0 Å². The van der Waals surface area contributed by atoms with Crippen LogP contribution in [0.3, 0.4) is 0 Å². The molecule has 1 nitrogen and oxygen atoms in total. The summed E-state index contributed by atoms with van der Waals surface area (Å²) in [5.41, 5.74) is 5.54. The van der Waals surface area contributed by atoms with Crippen LogP contribution in [-0.4, -0.2) is 6.61 Å². The molecular weight excluding hydrogens is 376 g/mol. The molecule has 2 unspecified atom stereocenters. The van der Waals surface area contributed by atoms with Gasteiger partial charge in [0.2, 0.25) is 0 Å². The molecule has 1 saturated carbocycles. The van der Waals surface area contributed by atoms with Gasteiger partial charge in [0.15, 0.2) is 0 Å². The molecule has 1 heteroatoms. The minimum absolute atomic E-state index is 0.289. The highest BCUT2D eigenvalue weighted by Gasteiger charge is 2.23. The minimum Gasteiger partial charge on any atom is -0.373 e. The van der Waals surface area contributed by atoms with Crippen LogP contribution < -0.4 is 0 Å². The van der Waals surface area contributed by atoms with Crippen molar-refractivity contribution in [2.75, 3.05) is 6.61 Å². The second kappa shape index (κ2) is 11.3. The van der Waals surface area contributed by atoms with Gasteiger partial charge in [-0.05, 0) is 85.0 Å². The Balaban J connectivity index is 1.31. The van der Waals surface area contributed by atoms with Gasteiger partial charge in [-0.3, -0.25) is 0 Å². The van der Waals surface area contributed by atoms with Crippen molar-refractivity contribution in [3.8, 4) is 11.1 Å². The summed E-state index contributed by atoms with van der Waals surface area (Å²) in [6, 6.07) is 18.6. The number of ether oxygens (including phenoxy) is 1. The summed E-state index contributed by atoms with van der Waals surface area (Å²) in [6.07, 6.45) is 15.1. The van der Waals surface area contributed by atoms with Gasteiger partial charge in [0, 0.05) is 0 Å². The van der Waals surface area contributed by atoms with Crippen molar-refractivity contribution in [3.63, 3.8) is 0 Å². The van der Waals surface area contributed by atoms with Gasteiger partial charge in [0.05, 0.1) is 12.7 Å². The molecule has 168 valence electrons. The molecular formula is C30H42O. The molecule has 0 aromatic heterocycles. The maximum Gasteiger partial charge on any atom is 0.0825 e. The lowest BCUT2D eigenvalue weighted by atomic mass is 9.77. The lowest BCUT2D eigenvalue weighted by Gasteiger charge is -2.29. The molecule has 4 rings (SSSR count). The van der Waals surface area contributed by atoms with Crippen molar-refractivity contribution in [3.05, 3.63) is 59.7 Å². The molecule has 2 aromatic rings. The van der Waals surface area contributed by atoms with Gasteiger partial charge in [0.1, 0.15) is 0 Å². The first-order valence-electron chi connectivity index (χ1n) is 13.1. The fraction of sp³-hybridized carbons (Fsp3) is 0.600. The normalized spacial score (nSPS) is 26.6. The zero-order valence-electron chi connectivity index (χ0n) is 19.8. The van der Waals surface area contributed by atoms with E-state index in [2.05, 4.69) is 62.4 Å². The van der Waals surface area contributed by atoms with E-state index < -0.39 is 0 Å². The minimum atomic E-state index is 0.289. The summed E-state index contributed by atoms with van der Waals surface area (Å²) in [5, 5.41) is 0. The highest BCUT2D eigenvalue weighted by Crippen LogP contribution is 2.38. The monoisotopic (exact) mass is 418 g/mol. The Morgan fingerprint density at radius 1 is 0.645 bits per heavy atom. The van der Waals surface area contributed by atoms with Gasteiger partial charge in [0.25, 0.3) is 0 Å². The van der Waals surface area contributed by atoms with E-state index in [1.807, 2.05) is 0 Å². The third-order valence-corrected chi connectivity index (χ3v) is 7.88. The van der Waals surface area contributed by atoms with Crippen molar-refractivity contribution in [2.24, 2.45) is 11.8 Å². The van der Waals surface area contributed by atoms with Crippen LogP contribution in [0.15, 0.2) is 48.5 Å². The number of hydrogen-bond acceptors (Lipinski definition) is 1. The van der Waals surface area contributed by atoms with E-state index in [1.165, 1.54) is 87.3 Å². The van der Waals surface area contributed by atoms with E-state index in [-0.39, 0.29) is 6.10 Å². The topological polar surface area (TPSA) is 9.23 Å². The van der Waals surface area contributed by atoms with E-state index in [9.17, 15) is 0 Å². The fourth-order valence-corrected chi connectivity index (χ4v) is 5.82. The highest BCUT2D eigenvalue weighted by molar-refractivity contribution is 5.64. The summed E-state index contributed by atoms with van der Waals surface area (Å²) in [6.45, 7) is 5.54. The van der Waals surface area contributed by atoms with E-state index in [4.69, 9.17) is 4.74 Å². The second-order valence-electron chi connectivity index (χ2n) is 10.2. The molecule has 1 heterocycles. The van der Waals surface area contributed by atoms with Gasteiger partial charge in [-0.25, -0.2) is 0 Å². The second-order valence-corrected chi connectivity index (χ2v) is 10.2. The number of hydrogen-bond donors (Lipinski definition) is 0. The molecule has 2 atom stereocenters. The molecule has 0 radical (unpaired) electrons. The highest BCUT2D eigenvalue weighted by atomic mass is 16.5. The molecule has 0 bridgehead atoms. The van der Waals surface area contributed by atoms with E-state index in [0.29, 0.717) is 0 Å². The predicted octanol–water partition coefficient (Wildman–Crippen LogP) is 9.09. The summed E-state index contributed by atoms with van der Waals surface area (Å²) < 4.78 is 6.22. The summed E-state index contributed by atoms with van der Waals surface area (Å²) in [5.74, 6) is 2.53. The number of rotatable bonds is 8. The number of unbranched alkanes of at least 4 members (excludes halogenated alkanes) is 1. The van der Waals surface area contributed by atoms with Crippen LogP contribution in [0.4, 0.5) is 0 Å². The van der Waals surface area contributed by atoms with Crippen LogP contribution in [0.25, 0.3) is 11.1 Å². The van der Waals surface area contributed by atoms with Crippen LogP contribution >= 0.6 is 0 Å². The van der Waals surface area contributed by atoms with Crippen LogP contribution in [0.5, 0.6) is 0 Å². The first kappa shape index (κ1) is 22.6. The van der Waals surface area contributed by atoms with Crippen LogP contribution in [0, 0.1) is 11.8 Å². The van der Waals surface area contributed by atoms with Crippen molar-refractivity contribution in [2.45, 2.75) is 96.5 Å². The van der Waals surface area contributed by atoms with Crippen molar-refractivity contribution in [1.29, 1.82) is 0 Å². The predicted molar refractivity (Wildman–Crippen MR) is 132 cm³/mol. The molecule has 2 aliphatic rings. The summed E-state index contributed by atoms with van der Waals surface area (Å²) in [7, 11) is 0. The lowest BCUT2D eigenvalue weighted by molar-refractivity contribution is -0.0197. The first-order chi connectivity index (χ1) is 15.3. The zero-order valence-corrected chi connectivity index (χ0v) is 19.8. The molecule has 0 amide bonds. The largest absolute Gasteiger partial charge is 0.373 e. The Hall–Kier alpha value is -1.60. The Morgan fingerprint density at radius 3 is 1.81 bits per heavy atom. The van der Waals surface area contributed by atoms with E-state index >= 15 is 0 Å².